The van der Waals surface area contributed by atoms with E-state index in [1.54, 1.807) is 0 Å². The van der Waals surface area contributed by atoms with Crippen LogP contribution in [0.25, 0.3) is 0 Å². The molecule has 0 aliphatic carbocycles. The summed E-state index contributed by atoms with van der Waals surface area (Å²) in [5.41, 5.74) is 0. The first-order chi connectivity index (χ1) is 11.8. The van der Waals surface area contributed by atoms with Gasteiger partial charge in [0.2, 0.25) is 0 Å². The highest BCUT2D eigenvalue weighted by Crippen LogP contribution is 2.13. The first-order valence-corrected chi connectivity index (χ1v) is 11.1. The minimum atomic E-state index is 0.760. The van der Waals surface area contributed by atoms with Crippen molar-refractivity contribution in [3.05, 3.63) is 12.2 Å². The highest BCUT2D eigenvalue weighted by Gasteiger charge is 1.97. The monoisotopic (exact) mass is 338 g/mol. The minimum absolute atomic E-state index is 0.760. The van der Waals surface area contributed by atoms with Crippen LogP contribution in [0.3, 0.4) is 0 Å². The molecule has 0 aromatic heterocycles. The molecule has 24 heavy (non-hydrogen) atoms. The number of allylic oxidation sites excluding steroid dienone is 2. The number of hydrogen-bond donors (Lipinski definition) is 0. The summed E-state index contributed by atoms with van der Waals surface area (Å²) in [5, 5.41) is 0. The van der Waals surface area contributed by atoms with E-state index in [0.717, 1.165) is 19.1 Å². The van der Waals surface area contributed by atoms with Crippen LogP contribution in [0, 0.1) is 5.92 Å². The van der Waals surface area contributed by atoms with E-state index < -0.39 is 0 Å². The lowest BCUT2D eigenvalue weighted by molar-refractivity contribution is 0.127. The molecule has 0 aromatic rings. The Hall–Kier alpha value is -0.300. The summed E-state index contributed by atoms with van der Waals surface area (Å²) in [6.07, 6.45) is 25.2. The number of rotatable bonds is 19. The van der Waals surface area contributed by atoms with Crippen molar-refractivity contribution in [2.24, 2.45) is 5.92 Å². The summed E-state index contributed by atoms with van der Waals surface area (Å²) in [4.78, 5) is 0. The molecular weight excluding hydrogens is 292 g/mol. The van der Waals surface area contributed by atoms with Crippen LogP contribution in [0.2, 0.25) is 0 Å². The van der Waals surface area contributed by atoms with Crippen LogP contribution in [-0.4, -0.2) is 13.2 Å². The molecule has 0 heterocycles. The van der Waals surface area contributed by atoms with E-state index >= 15 is 0 Å². The summed E-state index contributed by atoms with van der Waals surface area (Å²) >= 11 is 0. The second kappa shape index (κ2) is 20.7. The summed E-state index contributed by atoms with van der Waals surface area (Å²) in [6, 6.07) is 0. The van der Waals surface area contributed by atoms with Crippen molar-refractivity contribution in [3.8, 4) is 0 Å². The quantitative estimate of drug-likeness (QED) is 0.171. The van der Waals surface area contributed by atoms with Gasteiger partial charge in [-0.25, -0.2) is 0 Å². The van der Waals surface area contributed by atoms with Crippen LogP contribution < -0.4 is 0 Å². The summed E-state index contributed by atoms with van der Waals surface area (Å²) in [7, 11) is 0. The molecule has 1 atom stereocenters. The fourth-order valence-electron chi connectivity index (χ4n) is 3.02. The Morgan fingerprint density at radius 1 is 0.667 bits per heavy atom. The van der Waals surface area contributed by atoms with E-state index in [0.29, 0.717) is 0 Å². The van der Waals surface area contributed by atoms with Gasteiger partial charge in [0.25, 0.3) is 0 Å². The average molecular weight is 339 g/mol. The van der Waals surface area contributed by atoms with Crippen LogP contribution in [-0.2, 0) is 4.74 Å². The zero-order valence-electron chi connectivity index (χ0n) is 17.2. The fourth-order valence-corrected chi connectivity index (χ4v) is 3.02. The third kappa shape index (κ3) is 19.7. The molecule has 0 radical (unpaired) electrons. The maximum Gasteiger partial charge on any atom is 0.0466 e. The molecule has 0 fully saturated rings. The van der Waals surface area contributed by atoms with Gasteiger partial charge in [-0.05, 0) is 38.0 Å². The van der Waals surface area contributed by atoms with Crippen LogP contribution in [0.4, 0.5) is 0 Å². The van der Waals surface area contributed by atoms with Crippen molar-refractivity contribution in [1.29, 1.82) is 0 Å². The third-order valence-electron chi connectivity index (χ3n) is 4.78. The van der Waals surface area contributed by atoms with Gasteiger partial charge in [-0.2, -0.15) is 0 Å². The molecule has 1 heteroatoms. The second-order valence-electron chi connectivity index (χ2n) is 7.48. The maximum absolute atomic E-state index is 5.60. The Labute approximate surface area is 153 Å². The van der Waals surface area contributed by atoms with Gasteiger partial charge in [-0.1, -0.05) is 97.1 Å². The van der Waals surface area contributed by atoms with Gasteiger partial charge in [-0.15, -0.1) is 0 Å². The van der Waals surface area contributed by atoms with E-state index in [1.165, 1.54) is 96.3 Å². The largest absolute Gasteiger partial charge is 0.381 e. The minimum Gasteiger partial charge on any atom is -0.381 e. The van der Waals surface area contributed by atoms with Crippen molar-refractivity contribution < 1.29 is 4.74 Å². The highest BCUT2D eigenvalue weighted by atomic mass is 16.5. The summed E-state index contributed by atoms with van der Waals surface area (Å²) in [6.45, 7) is 8.79. The Balaban J connectivity index is 3.23. The molecule has 0 bridgehead atoms. The SMILES string of the molecule is CCCCCCCCC/C=C/C(C)CCCCCCOCCCC. The van der Waals surface area contributed by atoms with Crippen molar-refractivity contribution >= 4 is 0 Å². The van der Waals surface area contributed by atoms with E-state index in [9.17, 15) is 0 Å². The average Bonchev–Trinajstić information content (AvgIpc) is 2.59. The molecule has 0 N–H and O–H groups in total. The van der Waals surface area contributed by atoms with Crippen LogP contribution in [0.1, 0.15) is 117 Å². The fraction of sp³-hybridized carbons (Fsp3) is 0.913. The number of hydrogen-bond acceptors (Lipinski definition) is 1. The molecule has 0 aliphatic heterocycles. The number of unbranched alkanes of at least 4 members (excludes halogenated alkanes) is 11. The lowest BCUT2D eigenvalue weighted by Gasteiger charge is -2.07. The zero-order chi connectivity index (χ0) is 17.7. The molecule has 0 aliphatic rings. The van der Waals surface area contributed by atoms with Crippen molar-refractivity contribution in [3.63, 3.8) is 0 Å². The Morgan fingerprint density at radius 2 is 1.25 bits per heavy atom. The topological polar surface area (TPSA) is 9.23 Å². The third-order valence-corrected chi connectivity index (χ3v) is 4.78. The van der Waals surface area contributed by atoms with Gasteiger partial charge in [0.05, 0.1) is 0 Å². The van der Waals surface area contributed by atoms with Gasteiger partial charge in [-0.3, -0.25) is 0 Å². The number of ether oxygens (including phenoxy) is 1. The van der Waals surface area contributed by atoms with Crippen LogP contribution >= 0.6 is 0 Å². The second-order valence-corrected chi connectivity index (χ2v) is 7.48. The Kier molecular flexibility index (Phi) is 20.5. The molecule has 0 aromatic carbocycles. The summed E-state index contributed by atoms with van der Waals surface area (Å²) < 4.78 is 5.60. The molecular formula is C23H46O. The molecule has 1 nitrogen and oxygen atoms in total. The lowest BCUT2D eigenvalue weighted by atomic mass is 10.0. The van der Waals surface area contributed by atoms with Gasteiger partial charge in [0, 0.05) is 13.2 Å². The first kappa shape index (κ1) is 23.7. The molecule has 0 saturated carbocycles. The standard InChI is InChI=1S/C23H46O/c1-4-6-8-9-10-11-12-13-16-19-23(3)20-17-14-15-18-22-24-21-7-5-2/h16,19,23H,4-15,17-18,20-22H2,1-3H3/b19-16+. The predicted octanol–water partition coefficient (Wildman–Crippen LogP) is 8.09. The molecule has 0 saturated heterocycles. The van der Waals surface area contributed by atoms with E-state index in [-0.39, 0.29) is 0 Å². The molecule has 1 unspecified atom stereocenters. The highest BCUT2D eigenvalue weighted by molar-refractivity contribution is 4.86. The summed E-state index contributed by atoms with van der Waals surface area (Å²) in [5.74, 6) is 0.760. The smallest absolute Gasteiger partial charge is 0.0466 e. The van der Waals surface area contributed by atoms with Crippen molar-refractivity contribution in [1.82, 2.24) is 0 Å². The van der Waals surface area contributed by atoms with Gasteiger partial charge in [0.15, 0.2) is 0 Å². The lowest BCUT2D eigenvalue weighted by Crippen LogP contribution is -1.96. The van der Waals surface area contributed by atoms with E-state index in [4.69, 9.17) is 4.74 Å². The van der Waals surface area contributed by atoms with Crippen LogP contribution in [0.15, 0.2) is 12.2 Å². The van der Waals surface area contributed by atoms with Gasteiger partial charge in [0.1, 0.15) is 0 Å². The normalized spacial score (nSPS) is 13.0. The molecule has 144 valence electrons. The molecule has 0 spiro atoms. The van der Waals surface area contributed by atoms with Crippen molar-refractivity contribution in [2.45, 2.75) is 117 Å². The predicted molar refractivity (Wildman–Crippen MR) is 110 cm³/mol. The van der Waals surface area contributed by atoms with E-state index in [2.05, 4.69) is 32.9 Å². The maximum atomic E-state index is 5.60. The zero-order valence-corrected chi connectivity index (χ0v) is 17.2. The van der Waals surface area contributed by atoms with Gasteiger partial charge < -0.3 is 4.74 Å². The van der Waals surface area contributed by atoms with Gasteiger partial charge >= 0.3 is 0 Å². The van der Waals surface area contributed by atoms with E-state index in [1.807, 2.05) is 0 Å². The molecule has 0 rings (SSSR count). The first-order valence-electron chi connectivity index (χ1n) is 11.1. The van der Waals surface area contributed by atoms with Crippen molar-refractivity contribution in [2.75, 3.05) is 13.2 Å². The Bertz CT molecular complexity index is 246. The Morgan fingerprint density at radius 3 is 2.00 bits per heavy atom. The van der Waals surface area contributed by atoms with Crippen LogP contribution in [0.5, 0.6) is 0 Å². The molecule has 0 amide bonds.